The minimum atomic E-state index is -0.193. The van der Waals surface area contributed by atoms with Crippen LogP contribution in [0.25, 0.3) is 0 Å². The number of esters is 1. The number of ether oxygens (including phenoxy) is 2. The van der Waals surface area contributed by atoms with Crippen molar-refractivity contribution < 1.29 is 14.3 Å². The molecule has 0 aromatic heterocycles. The Hall–Kier alpha value is -2.57. The van der Waals surface area contributed by atoms with Crippen LogP contribution in [-0.2, 0) is 9.53 Å². The first-order chi connectivity index (χ1) is 15.1. The summed E-state index contributed by atoms with van der Waals surface area (Å²) >= 11 is 6.34. The summed E-state index contributed by atoms with van der Waals surface area (Å²) in [5.41, 5.74) is 1.63. The van der Waals surface area contributed by atoms with Gasteiger partial charge in [-0.25, -0.2) is 4.99 Å². The molecule has 2 aromatic rings. The fourth-order valence-corrected chi connectivity index (χ4v) is 4.39. The molecule has 1 fully saturated rings. The molecular formula is C24H28ClN3O3. The monoisotopic (exact) mass is 441 g/mol. The van der Waals surface area contributed by atoms with Crippen molar-refractivity contribution in [3.63, 3.8) is 0 Å². The van der Waals surface area contributed by atoms with Gasteiger partial charge in [-0.1, -0.05) is 37.1 Å². The average Bonchev–Trinajstić information content (AvgIpc) is 2.94. The highest BCUT2D eigenvalue weighted by Gasteiger charge is 2.34. The summed E-state index contributed by atoms with van der Waals surface area (Å²) in [6.07, 6.45) is 1.70. The maximum atomic E-state index is 12.6. The third-order valence-electron chi connectivity index (χ3n) is 5.67. The zero-order valence-electron chi connectivity index (χ0n) is 17.9. The number of carbonyl (C=O) groups is 1. The van der Waals surface area contributed by atoms with Gasteiger partial charge in [0.25, 0.3) is 0 Å². The van der Waals surface area contributed by atoms with Gasteiger partial charge in [-0.3, -0.25) is 4.79 Å². The Morgan fingerprint density at radius 2 is 2.13 bits per heavy atom. The van der Waals surface area contributed by atoms with Crippen LogP contribution in [0.15, 0.2) is 47.5 Å². The van der Waals surface area contributed by atoms with Gasteiger partial charge < -0.3 is 19.7 Å². The molecule has 0 saturated carbocycles. The van der Waals surface area contributed by atoms with Crippen LogP contribution < -0.4 is 10.1 Å². The molecule has 2 aromatic carbocycles. The second kappa shape index (κ2) is 9.71. The number of aliphatic imine (C=N–C) groups is 1. The summed E-state index contributed by atoms with van der Waals surface area (Å²) in [4.78, 5) is 19.8. The Labute approximate surface area is 188 Å². The van der Waals surface area contributed by atoms with Gasteiger partial charge in [0.05, 0.1) is 18.1 Å². The minimum absolute atomic E-state index is 0.0162. The van der Waals surface area contributed by atoms with Crippen LogP contribution in [0.1, 0.15) is 32.3 Å². The second-order valence-corrected chi connectivity index (χ2v) is 8.24. The van der Waals surface area contributed by atoms with Crippen LogP contribution in [0, 0.1) is 5.92 Å². The number of para-hydroxylation sites is 2. The molecule has 6 nitrogen and oxygen atoms in total. The highest BCUT2D eigenvalue weighted by molar-refractivity contribution is 6.31. The van der Waals surface area contributed by atoms with Crippen molar-refractivity contribution in [2.75, 3.05) is 26.2 Å². The molecule has 2 unspecified atom stereocenters. The van der Waals surface area contributed by atoms with Gasteiger partial charge in [0, 0.05) is 30.7 Å². The molecule has 0 aliphatic carbocycles. The molecule has 2 aliphatic heterocycles. The average molecular weight is 442 g/mol. The van der Waals surface area contributed by atoms with Crippen molar-refractivity contribution in [2.24, 2.45) is 10.9 Å². The smallest absolute Gasteiger partial charge is 0.310 e. The lowest BCUT2D eigenvalue weighted by Gasteiger charge is -2.38. The van der Waals surface area contributed by atoms with Gasteiger partial charge >= 0.3 is 5.97 Å². The zero-order chi connectivity index (χ0) is 21.8. The lowest BCUT2D eigenvalue weighted by Crippen LogP contribution is -2.57. The predicted molar refractivity (Wildman–Crippen MR) is 123 cm³/mol. The van der Waals surface area contributed by atoms with Crippen molar-refractivity contribution in [3.8, 4) is 11.5 Å². The first-order valence-corrected chi connectivity index (χ1v) is 11.3. The Morgan fingerprint density at radius 3 is 2.94 bits per heavy atom. The fourth-order valence-electron chi connectivity index (χ4n) is 4.22. The van der Waals surface area contributed by atoms with Crippen LogP contribution >= 0.6 is 11.6 Å². The third-order valence-corrected chi connectivity index (χ3v) is 5.91. The number of nitrogens with one attached hydrogen (secondary N) is 1. The summed E-state index contributed by atoms with van der Waals surface area (Å²) in [7, 11) is 0. The Morgan fingerprint density at radius 1 is 1.29 bits per heavy atom. The summed E-state index contributed by atoms with van der Waals surface area (Å²) in [6, 6.07) is 13.3. The first kappa shape index (κ1) is 21.7. The molecule has 164 valence electrons. The van der Waals surface area contributed by atoms with Crippen LogP contribution in [0.5, 0.6) is 11.5 Å². The number of nitrogens with zero attached hydrogens (tertiary/aromatic N) is 2. The van der Waals surface area contributed by atoms with Gasteiger partial charge in [-0.15, -0.1) is 0 Å². The van der Waals surface area contributed by atoms with Crippen molar-refractivity contribution in [1.82, 2.24) is 10.2 Å². The van der Waals surface area contributed by atoms with Crippen LogP contribution in [0.4, 0.5) is 5.69 Å². The van der Waals surface area contributed by atoms with Crippen LogP contribution in [0.3, 0.4) is 0 Å². The molecule has 1 saturated heterocycles. The maximum absolute atomic E-state index is 12.6. The van der Waals surface area contributed by atoms with Crippen LogP contribution in [0.2, 0.25) is 5.02 Å². The van der Waals surface area contributed by atoms with E-state index in [4.69, 9.17) is 26.1 Å². The number of hydrogen-bond donors (Lipinski definition) is 1. The predicted octanol–water partition coefficient (Wildman–Crippen LogP) is 4.78. The van der Waals surface area contributed by atoms with E-state index in [0.29, 0.717) is 23.9 Å². The second-order valence-electron chi connectivity index (χ2n) is 7.80. The van der Waals surface area contributed by atoms with Crippen molar-refractivity contribution in [2.45, 2.75) is 32.7 Å². The van der Waals surface area contributed by atoms with Gasteiger partial charge in [0.1, 0.15) is 17.3 Å². The molecule has 1 N–H and O–H groups in total. The molecule has 0 radical (unpaired) electrons. The number of piperazine rings is 1. The van der Waals surface area contributed by atoms with E-state index >= 15 is 0 Å². The van der Waals surface area contributed by atoms with Gasteiger partial charge in [0.15, 0.2) is 5.75 Å². The highest BCUT2D eigenvalue weighted by Crippen LogP contribution is 2.39. The molecule has 2 atom stereocenters. The highest BCUT2D eigenvalue weighted by atomic mass is 35.5. The van der Waals surface area contributed by atoms with Crippen molar-refractivity contribution >= 4 is 29.1 Å². The molecule has 0 amide bonds. The molecule has 4 rings (SSSR count). The summed E-state index contributed by atoms with van der Waals surface area (Å²) in [6.45, 7) is 6.50. The SMILES string of the molecule is CCCC(C(=O)OCC)C1CN(C2=Nc3ccccc3Oc3ccc(Cl)cc32)CCN1. The number of fused-ring (bicyclic) bond motifs is 2. The number of hydrogen-bond acceptors (Lipinski definition) is 6. The fraction of sp³-hybridized carbons (Fsp3) is 0.417. The van der Waals surface area contributed by atoms with E-state index in [1.165, 1.54) is 0 Å². The molecule has 2 heterocycles. The molecule has 31 heavy (non-hydrogen) atoms. The van der Waals surface area contributed by atoms with E-state index in [-0.39, 0.29) is 17.9 Å². The number of amidine groups is 1. The molecule has 7 heteroatoms. The molecule has 2 aliphatic rings. The maximum Gasteiger partial charge on any atom is 0.310 e. The van der Waals surface area contributed by atoms with Crippen molar-refractivity contribution in [1.29, 1.82) is 0 Å². The number of carbonyl (C=O) groups excluding carboxylic acids is 1. The third kappa shape index (κ3) is 4.70. The largest absolute Gasteiger partial charge is 0.466 e. The van der Waals surface area contributed by atoms with E-state index in [0.717, 1.165) is 48.8 Å². The lowest BCUT2D eigenvalue weighted by atomic mass is 9.92. The first-order valence-electron chi connectivity index (χ1n) is 10.9. The van der Waals surface area contributed by atoms with Gasteiger partial charge in [0.2, 0.25) is 0 Å². The van der Waals surface area contributed by atoms with Gasteiger partial charge in [-0.2, -0.15) is 0 Å². The molecule has 0 bridgehead atoms. The van der Waals surface area contributed by atoms with Crippen molar-refractivity contribution in [3.05, 3.63) is 53.1 Å². The van der Waals surface area contributed by atoms with E-state index < -0.39 is 0 Å². The topological polar surface area (TPSA) is 63.2 Å². The lowest BCUT2D eigenvalue weighted by molar-refractivity contribution is -0.149. The Balaban J connectivity index is 1.69. The Bertz CT molecular complexity index is 978. The standard InChI is InChI=1S/C24H28ClN3O3/c1-3-7-17(24(29)30-4-2)20-15-28(13-12-26-20)23-18-14-16(25)10-11-21(18)31-22-9-6-5-8-19(22)27-23/h5-6,8-11,14,17,20,26H,3-4,7,12-13,15H2,1-2H3. The summed E-state index contributed by atoms with van der Waals surface area (Å²) in [5, 5.41) is 4.16. The molecular weight excluding hydrogens is 414 g/mol. The summed E-state index contributed by atoms with van der Waals surface area (Å²) in [5.74, 6) is 1.92. The van der Waals surface area contributed by atoms with E-state index in [1.54, 1.807) is 0 Å². The summed E-state index contributed by atoms with van der Waals surface area (Å²) < 4.78 is 11.5. The minimum Gasteiger partial charge on any atom is -0.466 e. The van der Waals surface area contributed by atoms with E-state index in [1.807, 2.05) is 49.4 Å². The molecule has 0 spiro atoms. The van der Waals surface area contributed by atoms with Crippen LogP contribution in [-0.4, -0.2) is 49.0 Å². The Kier molecular flexibility index (Phi) is 6.78. The number of rotatable bonds is 5. The quantitative estimate of drug-likeness (QED) is 0.676. The number of halogens is 1. The van der Waals surface area contributed by atoms with E-state index in [2.05, 4.69) is 17.1 Å². The van der Waals surface area contributed by atoms with Gasteiger partial charge in [-0.05, 0) is 43.7 Å². The zero-order valence-corrected chi connectivity index (χ0v) is 18.7. The normalized spacial score (nSPS) is 18.7. The number of benzene rings is 2. The van der Waals surface area contributed by atoms with E-state index in [9.17, 15) is 4.79 Å².